The Morgan fingerprint density at radius 1 is 1.60 bits per heavy atom. The maximum atomic E-state index is 12.7. The molecular weight excluding hydrogens is 275 g/mol. The van der Waals surface area contributed by atoms with E-state index in [0.717, 1.165) is 19.0 Å². The first-order chi connectivity index (χ1) is 9.43. The van der Waals surface area contributed by atoms with E-state index in [1.165, 1.54) is 4.90 Å². The number of nitrogens with one attached hydrogen (secondary N) is 1. The molecular formula is C12H16F3N3O2. The molecule has 0 spiro atoms. The highest BCUT2D eigenvalue weighted by Gasteiger charge is 2.39. The topological polar surface area (TPSA) is 58.2 Å². The van der Waals surface area contributed by atoms with Gasteiger partial charge in [0.05, 0.1) is 18.4 Å². The van der Waals surface area contributed by atoms with Crippen LogP contribution in [0, 0.1) is 5.92 Å². The Morgan fingerprint density at radius 2 is 2.35 bits per heavy atom. The van der Waals surface area contributed by atoms with Crippen LogP contribution in [-0.2, 0) is 10.9 Å². The number of hydrogen-bond donors (Lipinski definition) is 1. The number of rotatable bonds is 3. The van der Waals surface area contributed by atoms with Gasteiger partial charge in [-0.2, -0.15) is 18.3 Å². The van der Waals surface area contributed by atoms with Crippen molar-refractivity contribution in [1.29, 1.82) is 0 Å². The van der Waals surface area contributed by atoms with E-state index < -0.39 is 23.3 Å². The molecule has 1 aromatic heterocycles. The van der Waals surface area contributed by atoms with Crippen LogP contribution in [0.2, 0.25) is 0 Å². The first kappa shape index (κ1) is 14.8. The molecule has 0 radical (unpaired) electrons. The number of carbonyl (C=O) groups is 1. The monoisotopic (exact) mass is 291 g/mol. The van der Waals surface area contributed by atoms with Crippen molar-refractivity contribution < 1.29 is 22.7 Å². The molecule has 0 aromatic carbocycles. The molecule has 1 saturated heterocycles. The van der Waals surface area contributed by atoms with Crippen LogP contribution < -0.4 is 0 Å². The van der Waals surface area contributed by atoms with E-state index in [9.17, 15) is 18.0 Å². The number of methoxy groups -OCH3 is 1. The maximum Gasteiger partial charge on any atom is 0.433 e. The molecule has 112 valence electrons. The summed E-state index contributed by atoms with van der Waals surface area (Å²) in [5.74, 6) is -0.467. The average Bonchev–Trinajstić information content (AvgIpc) is 2.87. The summed E-state index contributed by atoms with van der Waals surface area (Å²) in [6.07, 6.45) is -2.00. The molecule has 2 rings (SSSR count). The van der Waals surface area contributed by atoms with Crippen molar-refractivity contribution in [2.24, 2.45) is 5.92 Å². The fraction of sp³-hybridized carbons (Fsp3) is 0.667. The second kappa shape index (κ2) is 5.82. The summed E-state index contributed by atoms with van der Waals surface area (Å²) in [5.41, 5.74) is -1.51. The molecule has 0 saturated carbocycles. The largest absolute Gasteiger partial charge is 0.433 e. The summed E-state index contributed by atoms with van der Waals surface area (Å²) in [6.45, 7) is 1.37. The Bertz CT molecular complexity index is 471. The number of amides is 1. The maximum absolute atomic E-state index is 12.7. The Kier molecular flexibility index (Phi) is 4.32. The molecule has 1 atom stereocenters. The minimum absolute atomic E-state index is 0.166. The van der Waals surface area contributed by atoms with Crippen LogP contribution in [0.15, 0.2) is 6.20 Å². The van der Waals surface area contributed by atoms with Crippen LogP contribution in [0.1, 0.15) is 28.9 Å². The third-order valence-electron chi connectivity index (χ3n) is 3.36. The van der Waals surface area contributed by atoms with Crippen LogP contribution in [0.25, 0.3) is 0 Å². The van der Waals surface area contributed by atoms with Gasteiger partial charge in [-0.15, -0.1) is 0 Å². The molecule has 1 unspecified atom stereocenters. The van der Waals surface area contributed by atoms with E-state index in [2.05, 4.69) is 5.10 Å². The number of nitrogens with zero attached hydrogens (tertiary/aromatic N) is 2. The number of ether oxygens (including phenoxy) is 1. The van der Waals surface area contributed by atoms with E-state index in [0.29, 0.717) is 19.7 Å². The average molecular weight is 291 g/mol. The first-order valence-corrected chi connectivity index (χ1v) is 6.32. The van der Waals surface area contributed by atoms with Crippen LogP contribution >= 0.6 is 0 Å². The van der Waals surface area contributed by atoms with E-state index >= 15 is 0 Å². The zero-order valence-electron chi connectivity index (χ0n) is 11.0. The minimum atomic E-state index is -4.61. The summed E-state index contributed by atoms with van der Waals surface area (Å²) in [5, 5.41) is 5.20. The lowest BCUT2D eigenvalue weighted by Gasteiger charge is -2.32. The van der Waals surface area contributed by atoms with Gasteiger partial charge in [0.15, 0.2) is 5.69 Å². The lowest BCUT2D eigenvalue weighted by atomic mass is 9.98. The SMILES string of the molecule is COCC1CCCN(C(=O)c2cn[nH]c2C(F)(F)F)C1. The molecule has 0 aliphatic carbocycles. The van der Waals surface area contributed by atoms with Gasteiger partial charge in [0.25, 0.3) is 5.91 Å². The Hall–Kier alpha value is -1.57. The predicted octanol–water partition coefficient (Wildman–Crippen LogP) is 1.93. The van der Waals surface area contributed by atoms with E-state index in [4.69, 9.17) is 4.74 Å². The number of hydrogen-bond acceptors (Lipinski definition) is 3. The summed E-state index contributed by atoms with van der Waals surface area (Å²) in [4.78, 5) is 13.6. The molecule has 1 aliphatic heterocycles. The van der Waals surface area contributed by atoms with E-state index in [1.54, 1.807) is 7.11 Å². The van der Waals surface area contributed by atoms with Crippen molar-refractivity contribution in [2.45, 2.75) is 19.0 Å². The standard InChI is InChI=1S/C12H16F3N3O2/c1-20-7-8-3-2-4-18(6-8)11(19)9-5-16-17-10(9)12(13,14)15/h5,8H,2-4,6-7H2,1H3,(H,16,17). The molecule has 1 N–H and O–H groups in total. The zero-order chi connectivity index (χ0) is 14.8. The minimum Gasteiger partial charge on any atom is -0.384 e. The van der Waals surface area contributed by atoms with Crippen molar-refractivity contribution in [3.8, 4) is 0 Å². The lowest BCUT2D eigenvalue weighted by molar-refractivity contribution is -0.141. The van der Waals surface area contributed by atoms with E-state index in [1.807, 2.05) is 5.10 Å². The molecule has 20 heavy (non-hydrogen) atoms. The number of likely N-dealkylation sites (tertiary alicyclic amines) is 1. The van der Waals surface area contributed by atoms with Crippen LogP contribution in [-0.4, -0.2) is 47.8 Å². The second-order valence-corrected chi connectivity index (χ2v) is 4.87. The summed E-state index contributed by atoms with van der Waals surface area (Å²) < 4.78 is 43.3. The molecule has 2 heterocycles. The van der Waals surface area contributed by atoms with Crippen molar-refractivity contribution in [2.75, 3.05) is 26.8 Å². The van der Waals surface area contributed by atoms with Crippen LogP contribution in [0.4, 0.5) is 13.2 Å². The normalized spacial score (nSPS) is 20.2. The molecule has 1 fully saturated rings. The molecule has 8 heteroatoms. The highest BCUT2D eigenvalue weighted by Crippen LogP contribution is 2.31. The second-order valence-electron chi connectivity index (χ2n) is 4.87. The highest BCUT2D eigenvalue weighted by molar-refractivity contribution is 5.95. The number of halogens is 3. The molecule has 1 aromatic rings. The van der Waals surface area contributed by atoms with Gasteiger partial charge in [0.1, 0.15) is 0 Å². The quantitative estimate of drug-likeness (QED) is 0.925. The van der Waals surface area contributed by atoms with Crippen molar-refractivity contribution in [1.82, 2.24) is 15.1 Å². The van der Waals surface area contributed by atoms with Crippen LogP contribution in [0.3, 0.4) is 0 Å². The number of piperidine rings is 1. The Morgan fingerprint density at radius 3 is 3.00 bits per heavy atom. The third-order valence-corrected chi connectivity index (χ3v) is 3.36. The van der Waals surface area contributed by atoms with Crippen molar-refractivity contribution in [3.63, 3.8) is 0 Å². The number of aromatic nitrogens is 2. The van der Waals surface area contributed by atoms with Crippen molar-refractivity contribution >= 4 is 5.91 Å². The number of H-pyrrole nitrogens is 1. The Balaban J connectivity index is 2.13. The van der Waals surface area contributed by atoms with Crippen LogP contribution in [0.5, 0.6) is 0 Å². The predicted molar refractivity (Wildman–Crippen MR) is 64.1 cm³/mol. The zero-order valence-corrected chi connectivity index (χ0v) is 11.0. The summed E-state index contributed by atoms with van der Waals surface area (Å²) in [6, 6.07) is 0. The van der Waals surface area contributed by atoms with Gasteiger partial charge in [0.2, 0.25) is 0 Å². The fourth-order valence-corrected chi connectivity index (χ4v) is 2.46. The fourth-order valence-electron chi connectivity index (χ4n) is 2.46. The number of carbonyl (C=O) groups excluding carboxylic acids is 1. The Labute approximate surface area is 114 Å². The molecule has 1 aliphatic rings. The van der Waals surface area contributed by atoms with Gasteiger partial charge < -0.3 is 9.64 Å². The van der Waals surface area contributed by atoms with Gasteiger partial charge in [-0.1, -0.05) is 0 Å². The van der Waals surface area contributed by atoms with Gasteiger partial charge in [0, 0.05) is 20.2 Å². The summed E-state index contributed by atoms with van der Waals surface area (Å²) in [7, 11) is 1.57. The first-order valence-electron chi connectivity index (χ1n) is 6.32. The third kappa shape index (κ3) is 3.12. The van der Waals surface area contributed by atoms with Gasteiger partial charge in [-0.05, 0) is 18.8 Å². The molecule has 1 amide bonds. The van der Waals surface area contributed by atoms with Gasteiger partial charge in [-0.3, -0.25) is 9.89 Å². The smallest absolute Gasteiger partial charge is 0.384 e. The van der Waals surface area contributed by atoms with Gasteiger partial charge >= 0.3 is 6.18 Å². The molecule has 5 nitrogen and oxygen atoms in total. The van der Waals surface area contributed by atoms with Gasteiger partial charge in [-0.25, -0.2) is 0 Å². The van der Waals surface area contributed by atoms with Crippen molar-refractivity contribution in [3.05, 3.63) is 17.5 Å². The lowest BCUT2D eigenvalue weighted by Crippen LogP contribution is -2.41. The van der Waals surface area contributed by atoms with E-state index in [-0.39, 0.29) is 5.92 Å². The summed E-state index contributed by atoms with van der Waals surface area (Å²) >= 11 is 0. The number of aromatic amines is 1. The number of alkyl halides is 3. The molecule has 0 bridgehead atoms. The highest BCUT2D eigenvalue weighted by atomic mass is 19.4.